The monoisotopic (exact) mass is 657 g/mol. The van der Waals surface area contributed by atoms with Crippen LogP contribution in [0.4, 0.5) is 0 Å². The fourth-order valence-electron chi connectivity index (χ4n) is 15.3. The van der Waals surface area contributed by atoms with E-state index in [0.29, 0.717) is 28.8 Å². The Morgan fingerprint density at radius 3 is 2.33 bits per heavy atom. The van der Waals surface area contributed by atoms with Gasteiger partial charge in [0.25, 0.3) is 0 Å². The summed E-state index contributed by atoms with van der Waals surface area (Å²) in [5.41, 5.74) is 5.59. The van der Waals surface area contributed by atoms with Crippen molar-refractivity contribution in [2.24, 2.45) is 63.6 Å². The lowest BCUT2D eigenvalue weighted by Crippen LogP contribution is -2.60. The maximum atomic E-state index is 10.9. The van der Waals surface area contributed by atoms with E-state index in [1.807, 2.05) is 0 Å². The summed E-state index contributed by atoms with van der Waals surface area (Å²) in [5, 5.41) is 10.9. The van der Waals surface area contributed by atoms with Gasteiger partial charge in [-0.15, -0.1) is 0 Å². The first-order valence-electron chi connectivity index (χ1n) is 21.1. The molecule has 3 heteroatoms. The van der Waals surface area contributed by atoms with E-state index in [2.05, 4.69) is 53.7 Å². The molecular formula is C45H68O3. The molecule has 2 heterocycles. The molecule has 1 aromatic rings. The van der Waals surface area contributed by atoms with Crippen LogP contribution in [0.1, 0.15) is 167 Å². The topological polar surface area (TPSA) is 38.7 Å². The van der Waals surface area contributed by atoms with Gasteiger partial charge in [-0.3, -0.25) is 0 Å². The molecule has 1 aromatic carbocycles. The Kier molecular flexibility index (Phi) is 7.84. The van der Waals surface area contributed by atoms with E-state index in [4.69, 9.17) is 9.47 Å². The highest BCUT2D eigenvalue weighted by molar-refractivity contribution is 5.49. The maximum Gasteiger partial charge on any atom is 0.215 e. The highest BCUT2D eigenvalue weighted by atomic mass is 16.7. The second-order valence-corrected chi connectivity index (χ2v) is 20.5. The van der Waals surface area contributed by atoms with E-state index in [-0.39, 0.29) is 11.5 Å². The molecule has 14 atom stereocenters. The SMILES string of the molecule is CC(C)CCC[C@@H](C)C1CCC2C3CC[C@H]4O[C@]5(CC[C@]4(C)C3CC[C@@]21C)Cc1cc2c(cc1O5)CCC1C2CC[C@@]2(C)C1CC[C@@H]2O. The molecule has 1 spiro atoms. The third kappa shape index (κ3) is 4.77. The van der Waals surface area contributed by atoms with Crippen molar-refractivity contribution in [3.8, 4) is 5.75 Å². The fraction of sp³-hybridized carbons (Fsp3) is 0.867. The number of aryl methyl sites for hydroxylation is 1. The Morgan fingerprint density at radius 2 is 1.50 bits per heavy atom. The molecular weight excluding hydrogens is 588 g/mol. The molecule has 7 unspecified atom stereocenters. The summed E-state index contributed by atoms with van der Waals surface area (Å²) < 4.78 is 14.3. The van der Waals surface area contributed by atoms with Gasteiger partial charge in [0.2, 0.25) is 5.79 Å². The Labute approximate surface area is 293 Å². The normalized spacial score (nSPS) is 49.3. The van der Waals surface area contributed by atoms with Crippen molar-refractivity contribution in [3.63, 3.8) is 0 Å². The highest BCUT2D eigenvalue weighted by Crippen LogP contribution is 2.68. The van der Waals surface area contributed by atoms with Gasteiger partial charge in [0.05, 0.1) is 12.2 Å². The van der Waals surface area contributed by atoms with Crippen LogP contribution in [0.2, 0.25) is 0 Å². The summed E-state index contributed by atoms with van der Waals surface area (Å²) in [6.45, 7) is 15.2. The van der Waals surface area contributed by atoms with E-state index in [1.54, 1.807) is 11.1 Å². The van der Waals surface area contributed by atoms with Crippen LogP contribution in [-0.2, 0) is 17.6 Å². The van der Waals surface area contributed by atoms with Crippen molar-refractivity contribution < 1.29 is 14.6 Å². The number of rotatable bonds is 5. The summed E-state index contributed by atoms with van der Waals surface area (Å²) in [7, 11) is 0. The minimum Gasteiger partial charge on any atom is -0.462 e. The molecule has 3 nitrogen and oxygen atoms in total. The molecule has 1 N–H and O–H groups in total. The van der Waals surface area contributed by atoms with Crippen LogP contribution in [0.5, 0.6) is 5.75 Å². The van der Waals surface area contributed by atoms with E-state index in [9.17, 15) is 5.11 Å². The minimum absolute atomic E-state index is 0.0938. The summed E-state index contributed by atoms with van der Waals surface area (Å²) in [6, 6.07) is 5.03. The predicted octanol–water partition coefficient (Wildman–Crippen LogP) is 11.0. The zero-order chi connectivity index (χ0) is 33.2. The van der Waals surface area contributed by atoms with Crippen LogP contribution in [0.3, 0.4) is 0 Å². The average Bonchev–Trinajstić information content (AvgIpc) is 3.69. The van der Waals surface area contributed by atoms with Crippen molar-refractivity contribution >= 4 is 0 Å². The van der Waals surface area contributed by atoms with Crippen molar-refractivity contribution in [1.82, 2.24) is 0 Å². The van der Waals surface area contributed by atoms with Gasteiger partial charge in [-0.25, -0.2) is 0 Å². The summed E-state index contributed by atoms with van der Waals surface area (Å²) in [6.07, 6.45) is 23.3. The summed E-state index contributed by atoms with van der Waals surface area (Å²) >= 11 is 0. The molecule has 0 radical (unpaired) electrons. The first-order chi connectivity index (χ1) is 22.9. The number of aliphatic hydroxyl groups excluding tert-OH is 1. The largest absolute Gasteiger partial charge is 0.462 e. The Hall–Kier alpha value is -1.06. The number of ether oxygens (including phenoxy) is 2. The number of hydrogen-bond acceptors (Lipinski definition) is 3. The number of aliphatic hydroxyl groups is 1. The van der Waals surface area contributed by atoms with Gasteiger partial charge in [0.1, 0.15) is 5.75 Å². The Balaban J connectivity index is 0.890. The Morgan fingerprint density at radius 1 is 0.729 bits per heavy atom. The van der Waals surface area contributed by atoms with Crippen molar-refractivity contribution in [1.29, 1.82) is 0 Å². The molecule has 6 aliphatic carbocycles. The molecule has 0 amide bonds. The third-order valence-electron chi connectivity index (χ3n) is 18.0. The van der Waals surface area contributed by atoms with Gasteiger partial charge in [-0.05, 0) is 170 Å². The van der Waals surface area contributed by atoms with Gasteiger partial charge in [0.15, 0.2) is 0 Å². The van der Waals surface area contributed by atoms with Crippen LogP contribution in [0.15, 0.2) is 12.1 Å². The highest BCUT2D eigenvalue weighted by Gasteiger charge is 2.63. The smallest absolute Gasteiger partial charge is 0.215 e. The second kappa shape index (κ2) is 11.5. The molecule has 48 heavy (non-hydrogen) atoms. The molecule has 5 saturated carbocycles. The van der Waals surface area contributed by atoms with Gasteiger partial charge in [0, 0.05) is 18.4 Å². The van der Waals surface area contributed by atoms with Crippen LogP contribution >= 0.6 is 0 Å². The lowest BCUT2D eigenvalue weighted by molar-refractivity contribution is -0.290. The third-order valence-corrected chi connectivity index (χ3v) is 18.0. The van der Waals surface area contributed by atoms with Gasteiger partial charge < -0.3 is 14.6 Å². The van der Waals surface area contributed by atoms with Gasteiger partial charge in [-0.2, -0.15) is 0 Å². The molecule has 6 fully saturated rings. The standard InChI is InChI=1S/C45H68O3/c1-27(2)8-7-9-28(3)35-13-14-37-33-12-17-41-44(6,38(33)19-21-42(35,37)4)22-23-45(48-41)26-30-24-34-29(25-39(30)47-45)10-11-32-31(34)18-20-43(5)36(32)15-16-40(43)46/h24-25,27-28,31-33,35-38,40-41,46H,7-23,26H2,1-6H3/t28-,31?,32?,33?,35?,36?,37?,38?,40+,41-,42-,43+,44-,45-/m1/s1. The maximum absolute atomic E-state index is 10.9. The predicted molar refractivity (Wildman–Crippen MR) is 194 cm³/mol. The van der Waals surface area contributed by atoms with E-state index in [0.717, 1.165) is 66.4 Å². The molecule has 0 bridgehead atoms. The quantitative estimate of drug-likeness (QED) is 0.343. The first kappa shape index (κ1) is 32.8. The van der Waals surface area contributed by atoms with Crippen molar-refractivity contribution in [2.45, 2.75) is 181 Å². The van der Waals surface area contributed by atoms with Crippen LogP contribution < -0.4 is 4.74 Å². The van der Waals surface area contributed by atoms with Crippen molar-refractivity contribution in [2.75, 3.05) is 0 Å². The summed E-state index contributed by atoms with van der Waals surface area (Å²) in [4.78, 5) is 0. The molecule has 0 aromatic heterocycles. The second-order valence-electron chi connectivity index (χ2n) is 20.5. The Bertz CT molecular complexity index is 1400. The zero-order valence-electron chi connectivity index (χ0n) is 31.5. The first-order valence-corrected chi connectivity index (χ1v) is 21.1. The van der Waals surface area contributed by atoms with Crippen molar-refractivity contribution in [3.05, 3.63) is 28.8 Å². The van der Waals surface area contributed by atoms with Crippen LogP contribution in [0.25, 0.3) is 0 Å². The molecule has 8 aliphatic rings. The lowest BCUT2D eigenvalue weighted by atomic mass is 9.47. The van der Waals surface area contributed by atoms with Crippen LogP contribution in [0, 0.1) is 63.6 Å². The summed E-state index contributed by atoms with van der Waals surface area (Å²) in [5.74, 6) is 8.08. The fourth-order valence-corrected chi connectivity index (χ4v) is 15.3. The number of fused-ring (bicyclic) bond motifs is 11. The molecule has 1 saturated heterocycles. The van der Waals surface area contributed by atoms with Crippen LogP contribution in [-0.4, -0.2) is 23.1 Å². The molecule has 2 aliphatic heterocycles. The molecule has 9 rings (SSSR count). The molecule has 266 valence electrons. The minimum atomic E-state index is -0.448. The van der Waals surface area contributed by atoms with E-state index < -0.39 is 5.79 Å². The zero-order valence-corrected chi connectivity index (χ0v) is 31.5. The number of benzene rings is 1. The van der Waals surface area contributed by atoms with Gasteiger partial charge >= 0.3 is 0 Å². The van der Waals surface area contributed by atoms with E-state index in [1.165, 1.54) is 102 Å². The lowest BCUT2D eigenvalue weighted by Gasteiger charge is -2.61. The number of hydrogen-bond donors (Lipinski definition) is 1. The van der Waals surface area contributed by atoms with E-state index >= 15 is 0 Å². The van der Waals surface area contributed by atoms with Gasteiger partial charge in [-0.1, -0.05) is 66.9 Å². The average molecular weight is 657 g/mol.